The third kappa shape index (κ3) is 5.62. The Bertz CT molecular complexity index is 1070. The lowest BCUT2D eigenvalue weighted by Gasteiger charge is -2.33. The van der Waals surface area contributed by atoms with E-state index in [2.05, 4.69) is 21.2 Å². The standard InChI is InChI=1S/C23H24BrCl2N3O4/c1-22(2,3)33-20(31)27-13-23(12-14-5-7-15(24)8-6-14)19(30)29(21(32)28(23)4)18-10-16(25)9-17(26)11-18/h5-11H,12-13H2,1-4H3,(H,27,31). The van der Waals surface area contributed by atoms with Gasteiger partial charge in [-0.25, -0.2) is 14.5 Å². The van der Waals surface area contributed by atoms with Gasteiger partial charge in [0.2, 0.25) is 0 Å². The Hall–Kier alpha value is -2.29. The number of anilines is 1. The second kappa shape index (κ2) is 9.52. The van der Waals surface area contributed by atoms with Crippen molar-refractivity contribution < 1.29 is 19.1 Å². The highest BCUT2D eigenvalue weighted by Gasteiger charge is 2.56. The summed E-state index contributed by atoms with van der Waals surface area (Å²) < 4.78 is 6.21. The van der Waals surface area contributed by atoms with Crippen molar-refractivity contribution >= 4 is 62.9 Å². The maximum absolute atomic E-state index is 13.8. The highest BCUT2D eigenvalue weighted by Crippen LogP contribution is 2.36. The number of benzene rings is 2. The lowest BCUT2D eigenvalue weighted by Crippen LogP contribution is -2.57. The van der Waals surface area contributed by atoms with Crippen LogP contribution in [0.3, 0.4) is 0 Å². The van der Waals surface area contributed by atoms with Crippen molar-refractivity contribution in [2.45, 2.75) is 38.3 Å². The van der Waals surface area contributed by atoms with E-state index in [0.717, 1.165) is 14.9 Å². The van der Waals surface area contributed by atoms with Gasteiger partial charge in [-0.05, 0) is 56.7 Å². The fourth-order valence-electron chi connectivity index (χ4n) is 3.59. The fraction of sp³-hybridized carbons (Fsp3) is 0.348. The van der Waals surface area contributed by atoms with Crippen molar-refractivity contribution in [2.75, 3.05) is 18.5 Å². The predicted molar refractivity (Wildman–Crippen MR) is 132 cm³/mol. The lowest BCUT2D eigenvalue weighted by atomic mass is 9.89. The Kier molecular flexibility index (Phi) is 7.31. The zero-order chi connectivity index (χ0) is 24.6. The third-order valence-electron chi connectivity index (χ3n) is 5.16. The normalized spacial score (nSPS) is 18.6. The molecule has 2 aromatic carbocycles. The molecule has 0 aliphatic carbocycles. The summed E-state index contributed by atoms with van der Waals surface area (Å²) in [6, 6.07) is 11.3. The molecule has 1 heterocycles. The number of hydrogen-bond donors (Lipinski definition) is 1. The zero-order valence-corrected chi connectivity index (χ0v) is 21.7. The molecule has 176 valence electrons. The summed E-state index contributed by atoms with van der Waals surface area (Å²) in [5, 5.41) is 3.25. The van der Waals surface area contributed by atoms with E-state index in [9.17, 15) is 14.4 Å². The summed E-state index contributed by atoms with van der Waals surface area (Å²) >= 11 is 15.6. The monoisotopic (exact) mass is 555 g/mol. The van der Waals surface area contributed by atoms with E-state index in [4.69, 9.17) is 27.9 Å². The van der Waals surface area contributed by atoms with Crippen LogP contribution in [0.4, 0.5) is 15.3 Å². The van der Waals surface area contributed by atoms with Crippen molar-refractivity contribution in [3.8, 4) is 0 Å². The van der Waals surface area contributed by atoms with Crippen LogP contribution in [0.2, 0.25) is 10.0 Å². The van der Waals surface area contributed by atoms with Gasteiger partial charge in [0.05, 0.1) is 12.2 Å². The first kappa shape index (κ1) is 25.3. The van der Waals surface area contributed by atoms with Crippen LogP contribution in [0.5, 0.6) is 0 Å². The van der Waals surface area contributed by atoms with E-state index in [0.29, 0.717) is 0 Å². The number of alkyl carbamates (subject to hydrolysis) is 1. The molecule has 0 aromatic heterocycles. The maximum atomic E-state index is 13.8. The minimum absolute atomic E-state index is 0.149. The molecule has 0 saturated carbocycles. The number of hydrogen-bond acceptors (Lipinski definition) is 4. The van der Waals surface area contributed by atoms with E-state index < -0.39 is 29.2 Å². The zero-order valence-electron chi connectivity index (χ0n) is 18.6. The van der Waals surface area contributed by atoms with Gasteiger partial charge in [-0.2, -0.15) is 0 Å². The van der Waals surface area contributed by atoms with Crippen molar-refractivity contribution in [3.63, 3.8) is 0 Å². The molecule has 1 N–H and O–H groups in total. The number of likely N-dealkylation sites (N-methyl/N-ethyl adjacent to an activating group) is 1. The highest BCUT2D eigenvalue weighted by atomic mass is 79.9. The quantitative estimate of drug-likeness (QED) is 0.482. The second-order valence-electron chi connectivity index (χ2n) is 8.80. The van der Waals surface area contributed by atoms with E-state index in [-0.39, 0.29) is 28.7 Å². The predicted octanol–water partition coefficient (Wildman–Crippen LogP) is 5.66. The molecule has 3 rings (SSSR count). The molecule has 1 aliphatic rings. The van der Waals surface area contributed by atoms with Crippen LogP contribution in [0.15, 0.2) is 46.9 Å². The van der Waals surface area contributed by atoms with E-state index in [1.165, 1.54) is 30.1 Å². The summed E-state index contributed by atoms with van der Waals surface area (Å²) in [5.41, 5.74) is -1.04. The molecule has 1 aliphatic heterocycles. The summed E-state index contributed by atoms with van der Waals surface area (Å²) in [4.78, 5) is 41.8. The van der Waals surface area contributed by atoms with Gasteiger partial charge in [-0.3, -0.25) is 4.79 Å². The van der Waals surface area contributed by atoms with Gasteiger partial charge < -0.3 is 15.0 Å². The number of nitrogens with zero attached hydrogens (tertiary/aromatic N) is 2. The van der Waals surface area contributed by atoms with Crippen LogP contribution in [-0.2, 0) is 16.0 Å². The molecule has 33 heavy (non-hydrogen) atoms. The SMILES string of the molecule is CN1C(=O)N(c2cc(Cl)cc(Cl)c2)C(=O)C1(CNC(=O)OC(C)(C)C)Cc1ccc(Br)cc1. The van der Waals surface area contributed by atoms with Crippen LogP contribution in [0.25, 0.3) is 0 Å². The topological polar surface area (TPSA) is 79.0 Å². The van der Waals surface area contributed by atoms with Crippen molar-refractivity contribution in [1.82, 2.24) is 10.2 Å². The summed E-state index contributed by atoms with van der Waals surface area (Å²) in [6.45, 7) is 5.07. The number of imide groups is 1. The molecular weight excluding hydrogens is 533 g/mol. The van der Waals surface area contributed by atoms with Gasteiger partial charge in [-0.1, -0.05) is 51.3 Å². The van der Waals surface area contributed by atoms with Crippen molar-refractivity contribution in [2.24, 2.45) is 0 Å². The van der Waals surface area contributed by atoms with Gasteiger partial charge in [0.15, 0.2) is 0 Å². The summed E-state index contributed by atoms with van der Waals surface area (Å²) in [7, 11) is 1.53. The first-order chi connectivity index (χ1) is 15.3. The van der Waals surface area contributed by atoms with Crippen molar-refractivity contribution in [1.29, 1.82) is 0 Å². The highest BCUT2D eigenvalue weighted by molar-refractivity contribution is 9.10. The van der Waals surface area contributed by atoms with Gasteiger partial charge in [0, 0.05) is 28.0 Å². The third-order valence-corrected chi connectivity index (χ3v) is 6.13. The number of halogens is 3. The average Bonchev–Trinajstić information content (AvgIpc) is 2.87. The minimum Gasteiger partial charge on any atom is -0.444 e. The Morgan fingerprint density at radius 1 is 1.09 bits per heavy atom. The molecule has 0 spiro atoms. The number of nitrogens with one attached hydrogen (secondary N) is 1. The van der Waals surface area contributed by atoms with Crippen LogP contribution < -0.4 is 10.2 Å². The molecule has 1 atom stereocenters. The van der Waals surface area contributed by atoms with E-state index in [1.807, 2.05) is 24.3 Å². The van der Waals surface area contributed by atoms with Gasteiger partial charge in [0.1, 0.15) is 11.1 Å². The Morgan fingerprint density at radius 3 is 2.21 bits per heavy atom. The molecule has 0 radical (unpaired) electrons. The van der Waals surface area contributed by atoms with Gasteiger partial charge >= 0.3 is 12.1 Å². The maximum Gasteiger partial charge on any atom is 0.407 e. The lowest BCUT2D eigenvalue weighted by molar-refractivity contribution is -0.124. The minimum atomic E-state index is -1.39. The molecule has 0 bridgehead atoms. The molecule has 1 saturated heterocycles. The molecule has 2 aromatic rings. The number of rotatable bonds is 5. The average molecular weight is 557 g/mol. The Balaban J connectivity index is 2.01. The Labute approximate surface area is 211 Å². The molecular formula is C23H24BrCl2N3O4. The number of carbonyl (C=O) groups excluding carboxylic acids is 3. The van der Waals surface area contributed by atoms with E-state index >= 15 is 0 Å². The van der Waals surface area contributed by atoms with Crippen LogP contribution in [0.1, 0.15) is 26.3 Å². The number of amides is 4. The van der Waals surface area contributed by atoms with Gasteiger partial charge in [-0.15, -0.1) is 0 Å². The summed E-state index contributed by atoms with van der Waals surface area (Å²) in [6.07, 6.45) is -0.516. The van der Waals surface area contributed by atoms with E-state index in [1.54, 1.807) is 20.8 Å². The van der Waals surface area contributed by atoms with Crippen LogP contribution >= 0.6 is 39.1 Å². The molecule has 10 heteroatoms. The fourth-order valence-corrected chi connectivity index (χ4v) is 4.37. The summed E-state index contributed by atoms with van der Waals surface area (Å²) in [5.74, 6) is -0.507. The Morgan fingerprint density at radius 2 is 1.67 bits per heavy atom. The largest absolute Gasteiger partial charge is 0.444 e. The number of ether oxygens (including phenoxy) is 1. The molecule has 1 fully saturated rings. The number of carbonyl (C=O) groups is 3. The molecule has 1 unspecified atom stereocenters. The van der Waals surface area contributed by atoms with Gasteiger partial charge in [0.25, 0.3) is 5.91 Å². The van der Waals surface area contributed by atoms with Crippen LogP contribution in [-0.4, -0.2) is 47.7 Å². The smallest absolute Gasteiger partial charge is 0.407 e. The van der Waals surface area contributed by atoms with Crippen LogP contribution in [0, 0.1) is 0 Å². The van der Waals surface area contributed by atoms with Crippen molar-refractivity contribution in [3.05, 3.63) is 62.5 Å². The first-order valence-electron chi connectivity index (χ1n) is 10.1. The number of urea groups is 1. The first-order valence-corrected chi connectivity index (χ1v) is 11.7. The molecule has 7 nitrogen and oxygen atoms in total. The molecule has 4 amide bonds. The second-order valence-corrected chi connectivity index (χ2v) is 10.6.